The van der Waals surface area contributed by atoms with Crippen molar-refractivity contribution >= 4 is 18.0 Å². The van der Waals surface area contributed by atoms with Gasteiger partial charge in [-0.05, 0) is 37.0 Å². The van der Waals surface area contributed by atoms with E-state index in [1.165, 1.54) is 0 Å². The Morgan fingerprint density at radius 1 is 1.17 bits per heavy atom. The number of hydrogen-bond acceptors (Lipinski definition) is 3. The molecule has 130 valence electrons. The maximum Gasteiger partial charge on any atom is 0.335 e. The maximum absolute atomic E-state index is 12.2. The number of carboxylic acids is 2. The molecule has 0 aliphatic carbocycles. The second kappa shape index (κ2) is 8.33. The van der Waals surface area contributed by atoms with Crippen LogP contribution in [0.2, 0.25) is 0 Å². The molecule has 1 aliphatic heterocycles. The predicted molar refractivity (Wildman–Crippen MR) is 87.2 cm³/mol. The molecule has 24 heavy (non-hydrogen) atoms. The molecule has 1 fully saturated rings. The summed E-state index contributed by atoms with van der Waals surface area (Å²) in [5, 5.41) is 20.3. The lowest BCUT2D eigenvalue weighted by Crippen LogP contribution is -2.45. The molecule has 3 N–H and O–H groups in total. The van der Waals surface area contributed by atoms with Crippen molar-refractivity contribution in [1.29, 1.82) is 0 Å². The monoisotopic (exact) mass is 334 g/mol. The lowest BCUT2D eigenvalue weighted by molar-refractivity contribution is -0.137. The van der Waals surface area contributed by atoms with Gasteiger partial charge in [0, 0.05) is 32.0 Å². The summed E-state index contributed by atoms with van der Waals surface area (Å²) in [6, 6.07) is 6.61. The highest BCUT2D eigenvalue weighted by Gasteiger charge is 2.24. The molecule has 0 saturated carbocycles. The van der Waals surface area contributed by atoms with E-state index in [0.29, 0.717) is 26.1 Å². The molecule has 1 heterocycles. The first kappa shape index (κ1) is 17.8. The van der Waals surface area contributed by atoms with Crippen molar-refractivity contribution in [3.63, 3.8) is 0 Å². The Bertz CT molecular complexity index is 600. The largest absolute Gasteiger partial charge is 0.481 e. The van der Waals surface area contributed by atoms with Gasteiger partial charge in [0.2, 0.25) is 0 Å². The molecule has 0 aromatic heterocycles. The van der Waals surface area contributed by atoms with Crippen molar-refractivity contribution in [1.82, 2.24) is 10.2 Å². The van der Waals surface area contributed by atoms with Gasteiger partial charge in [0.1, 0.15) is 0 Å². The lowest BCUT2D eigenvalue weighted by Gasteiger charge is -2.33. The van der Waals surface area contributed by atoms with Gasteiger partial charge in [-0.1, -0.05) is 12.1 Å². The van der Waals surface area contributed by atoms with Gasteiger partial charge >= 0.3 is 18.0 Å². The number of urea groups is 1. The van der Waals surface area contributed by atoms with Crippen LogP contribution in [-0.4, -0.2) is 52.7 Å². The molecule has 2 amide bonds. The van der Waals surface area contributed by atoms with Crippen LogP contribution >= 0.6 is 0 Å². The summed E-state index contributed by atoms with van der Waals surface area (Å²) in [4.78, 5) is 35.2. The van der Waals surface area contributed by atoms with Gasteiger partial charge in [-0.2, -0.15) is 0 Å². The number of benzene rings is 1. The molecule has 1 aliphatic rings. The number of nitrogens with zero attached hydrogens (tertiary/aromatic N) is 1. The molecular weight excluding hydrogens is 312 g/mol. The van der Waals surface area contributed by atoms with E-state index in [-0.39, 0.29) is 23.9 Å². The summed E-state index contributed by atoms with van der Waals surface area (Å²) in [5.41, 5.74) is 1.28. The van der Waals surface area contributed by atoms with Gasteiger partial charge < -0.3 is 20.4 Å². The number of carbonyl (C=O) groups excluding carboxylic acids is 1. The second-order valence-corrected chi connectivity index (χ2v) is 5.94. The number of carboxylic acid groups (broad SMARTS) is 2. The number of hydrogen-bond donors (Lipinski definition) is 3. The van der Waals surface area contributed by atoms with Crippen molar-refractivity contribution in [2.45, 2.75) is 31.6 Å². The van der Waals surface area contributed by atoms with Crippen LogP contribution in [0, 0.1) is 0 Å². The van der Waals surface area contributed by atoms with E-state index >= 15 is 0 Å². The molecule has 1 aromatic carbocycles. The number of likely N-dealkylation sites (tertiary alicyclic amines) is 1. The van der Waals surface area contributed by atoms with Gasteiger partial charge in [-0.25, -0.2) is 9.59 Å². The van der Waals surface area contributed by atoms with Gasteiger partial charge in [-0.3, -0.25) is 4.79 Å². The van der Waals surface area contributed by atoms with Gasteiger partial charge in [0.15, 0.2) is 0 Å². The first-order valence-electron chi connectivity index (χ1n) is 8.05. The van der Waals surface area contributed by atoms with Crippen molar-refractivity contribution in [3.8, 4) is 0 Å². The number of rotatable bonds is 6. The highest BCUT2D eigenvalue weighted by atomic mass is 16.4. The third-order valence-electron chi connectivity index (χ3n) is 4.18. The van der Waals surface area contributed by atoms with E-state index in [2.05, 4.69) is 5.32 Å². The second-order valence-electron chi connectivity index (χ2n) is 5.94. The summed E-state index contributed by atoms with van der Waals surface area (Å²) >= 11 is 0. The molecule has 0 radical (unpaired) electrons. The Hall–Kier alpha value is -2.57. The fourth-order valence-electron chi connectivity index (χ4n) is 2.88. The predicted octanol–water partition coefficient (Wildman–Crippen LogP) is 2.14. The maximum atomic E-state index is 12.2. The van der Waals surface area contributed by atoms with Gasteiger partial charge in [0.25, 0.3) is 0 Å². The minimum atomic E-state index is -0.951. The van der Waals surface area contributed by atoms with Crippen molar-refractivity contribution in [2.75, 3.05) is 19.6 Å². The van der Waals surface area contributed by atoms with Crippen LogP contribution in [0.15, 0.2) is 24.3 Å². The van der Waals surface area contributed by atoms with Crippen LogP contribution in [0.3, 0.4) is 0 Å². The number of amides is 2. The molecule has 0 bridgehead atoms. The summed E-state index contributed by atoms with van der Waals surface area (Å²) in [7, 11) is 0. The standard InChI is InChI=1S/C17H22N2O5/c20-15(21)4-1-9-18-17(24)19-10-2-3-14(11-19)12-5-7-13(8-6-12)16(22)23/h5-8,14H,1-4,9-11H2,(H,18,24)(H,20,21)(H,22,23). The number of nitrogens with one attached hydrogen (secondary N) is 1. The fourth-order valence-corrected chi connectivity index (χ4v) is 2.88. The van der Waals surface area contributed by atoms with Crippen molar-refractivity contribution in [3.05, 3.63) is 35.4 Å². The summed E-state index contributed by atoms with van der Waals surface area (Å²) < 4.78 is 0. The van der Waals surface area contributed by atoms with Crippen LogP contribution in [0.4, 0.5) is 4.79 Å². The summed E-state index contributed by atoms with van der Waals surface area (Å²) in [6.07, 6.45) is 2.29. The average Bonchev–Trinajstić information content (AvgIpc) is 2.58. The first-order chi connectivity index (χ1) is 11.5. The van der Waals surface area contributed by atoms with Crippen LogP contribution in [0.25, 0.3) is 0 Å². The first-order valence-corrected chi connectivity index (χ1v) is 8.05. The Balaban J connectivity index is 1.87. The average molecular weight is 334 g/mol. The SMILES string of the molecule is O=C(O)CCCNC(=O)N1CCCC(c2ccc(C(=O)O)cc2)C1. The quantitative estimate of drug-likeness (QED) is 0.691. The molecule has 1 aromatic rings. The Kier molecular flexibility index (Phi) is 6.17. The Morgan fingerprint density at radius 2 is 1.88 bits per heavy atom. The van der Waals surface area contributed by atoms with Crippen molar-refractivity contribution in [2.24, 2.45) is 0 Å². The summed E-state index contributed by atoms with van der Waals surface area (Å²) in [6.45, 7) is 1.60. The van der Waals surface area contributed by atoms with E-state index < -0.39 is 11.9 Å². The van der Waals surface area contributed by atoms with E-state index in [1.807, 2.05) is 12.1 Å². The molecule has 0 spiro atoms. The van der Waals surface area contributed by atoms with E-state index in [0.717, 1.165) is 18.4 Å². The van der Waals surface area contributed by atoms with Crippen LogP contribution in [-0.2, 0) is 4.79 Å². The summed E-state index contributed by atoms with van der Waals surface area (Å²) in [5.74, 6) is -1.63. The lowest BCUT2D eigenvalue weighted by atomic mass is 9.90. The van der Waals surface area contributed by atoms with E-state index in [1.54, 1.807) is 17.0 Å². The highest BCUT2D eigenvalue weighted by molar-refractivity contribution is 5.87. The fraction of sp³-hybridized carbons (Fsp3) is 0.471. The Labute approximate surface area is 140 Å². The molecule has 1 atom stereocenters. The van der Waals surface area contributed by atoms with Crippen LogP contribution in [0.5, 0.6) is 0 Å². The normalized spacial score (nSPS) is 17.3. The highest BCUT2D eigenvalue weighted by Crippen LogP contribution is 2.27. The molecule has 7 nitrogen and oxygen atoms in total. The zero-order valence-electron chi connectivity index (χ0n) is 13.4. The minimum Gasteiger partial charge on any atom is -0.481 e. The van der Waals surface area contributed by atoms with E-state index in [9.17, 15) is 14.4 Å². The zero-order valence-corrected chi connectivity index (χ0v) is 13.4. The Morgan fingerprint density at radius 3 is 2.50 bits per heavy atom. The van der Waals surface area contributed by atoms with E-state index in [4.69, 9.17) is 10.2 Å². The van der Waals surface area contributed by atoms with Crippen molar-refractivity contribution < 1.29 is 24.6 Å². The topological polar surface area (TPSA) is 107 Å². The zero-order chi connectivity index (χ0) is 17.5. The smallest absolute Gasteiger partial charge is 0.335 e. The number of aliphatic carboxylic acids is 1. The van der Waals surface area contributed by atoms with Crippen LogP contribution < -0.4 is 5.32 Å². The molecule has 1 unspecified atom stereocenters. The molecule has 7 heteroatoms. The number of carbonyl (C=O) groups is 3. The molecule has 2 rings (SSSR count). The third-order valence-corrected chi connectivity index (χ3v) is 4.18. The minimum absolute atomic E-state index is 0.0405. The molecule has 1 saturated heterocycles. The third kappa shape index (κ3) is 4.97. The number of piperidine rings is 1. The number of aromatic carboxylic acids is 1. The van der Waals surface area contributed by atoms with Crippen LogP contribution in [0.1, 0.15) is 47.5 Å². The van der Waals surface area contributed by atoms with Gasteiger partial charge in [0.05, 0.1) is 5.56 Å². The molecular formula is C17H22N2O5. The van der Waals surface area contributed by atoms with Gasteiger partial charge in [-0.15, -0.1) is 0 Å².